The molecule has 0 aliphatic rings. The summed E-state index contributed by atoms with van der Waals surface area (Å²) in [5.74, 6) is 0.800. The molecule has 4 heteroatoms. The zero-order valence-corrected chi connectivity index (χ0v) is 10.6. The summed E-state index contributed by atoms with van der Waals surface area (Å²) in [5, 5.41) is 0. The largest absolute Gasteiger partial charge is 0.491 e. The third kappa shape index (κ3) is 2.36. The first-order valence-electron chi connectivity index (χ1n) is 5.40. The van der Waals surface area contributed by atoms with Gasteiger partial charge in [0.25, 0.3) is 0 Å². The molecule has 0 saturated heterocycles. The number of aryl methyl sites for hydroxylation is 1. The molecule has 0 aromatic carbocycles. The van der Waals surface area contributed by atoms with E-state index in [4.69, 9.17) is 4.74 Å². The number of pyridine rings is 1. The second-order valence-corrected chi connectivity index (χ2v) is 4.67. The van der Waals surface area contributed by atoms with Gasteiger partial charge in [-0.3, -0.25) is 9.78 Å². The molecule has 2 heterocycles. The molecule has 0 aliphatic heterocycles. The molecule has 0 amide bonds. The van der Waals surface area contributed by atoms with Crippen molar-refractivity contribution < 1.29 is 9.53 Å². The van der Waals surface area contributed by atoms with Crippen molar-refractivity contribution in [3.63, 3.8) is 0 Å². The summed E-state index contributed by atoms with van der Waals surface area (Å²) in [6, 6.07) is 5.62. The molecule has 0 aliphatic carbocycles. The lowest BCUT2D eigenvalue weighted by Gasteiger charge is -2.10. The maximum absolute atomic E-state index is 10.7. The molecule has 0 atom stereocenters. The Morgan fingerprint density at radius 2 is 2.24 bits per heavy atom. The van der Waals surface area contributed by atoms with Crippen LogP contribution in [0.5, 0.6) is 5.75 Å². The highest BCUT2D eigenvalue weighted by Crippen LogP contribution is 2.34. The van der Waals surface area contributed by atoms with Crippen molar-refractivity contribution in [2.24, 2.45) is 0 Å². The van der Waals surface area contributed by atoms with Crippen molar-refractivity contribution in [1.82, 2.24) is 4.98 Å². The molecule has 0 radical (unpaired) electrons. The maximum Gasteiger partial charge on any atom is 0.160 e. The van der Waals surface area contributed by atoms with Gasteiger partial charge >= 0.3 is 0 Å². The van der Waals surface area contributed by atoms with Gasteiger partial charge in [0.2, 0.25) is 0 Å². The van der Waals surface area contributed by atoms with Gasteiger partial charge < -0.3 is 4.74 Å². The van der Waals surface area contributed by atoms with E-state index < -0.39 is 0 Å². The molecule has 0 spiro atoms. The minimum Gasteiger partial charge on any atom is -0.491 e. The summed E-state index contributed by atoms with van der Waals surface area (Å²) in [6.45, 7) is 4.54. The number of thiophene rings is 1. The fourth-order valence-corrected chi connectivity index (χ4v) is 2.41. The smallest absolute Gasteiger partial charge is 0.160 e. The lowest BCUT2D eigenvalue weighted by Crippen LogP contribution is -1.97. The molecular weight excluding hydrogens is 234 g/mol. The van der Waals surface area contributed by atoms with Crippen molar-refractivity contribution in [3.8, 4) is 16.3 Å². The lowest BCUT2D eigenvalue weighted by molar-refractivity contribution is 0.112. The second kappa shape index (κ2) is 5.10. The van der Waals surface area contributed by atoms with Crippen LogP contribution in [0.15, 0.2) is 24.4 Å². The summed E-state index contributed by atoms with van der Waals surface area (Å²) < 4.78 is 5.62. The fourth-order valence-electron chi connectivity index (χ4n) is 1.59. The zero-order chi connectivity index (χ0) is 12.3. The van der Waals surface area contributed by atoms with Crippen LogP contribution in [0.2, 0.25) is 0 Å². The summed E-state index contributed by atoms with van der Waals surface area (Å²) in [5.41, 5.74) is 1.86. The standard InChI is InChI=1S/C13H13NO2S/c1-3-16-13-9(2)6-7-14-12(13)11-5-4-10(8-15)17-11/h4-8H,3H2,1-2H3. The third-order valence-corrected chi connectivity index (χ3v) is 3.38. The molecule has 88 valence electrons. The van der Waals surface area contributed by atoms with E-state index in [0.29, 0.717) is 11.5 Å². The highest BCUT2D eigenvalue weighted by molar-refractivity contribution is 7.17. The lowest BCUT2D eigenvalue weighted by atomic mass is 10.2. The van der Waals surface area contributed by atoms with Gasteiger partial charge in [-0.25, -0.2) is 0 Å². The number of rotatable bonds is 4. The van der Waals surface area contributed by atoms with Crippen LogP contribution in [0.25, 0.3) is 10.6 Å². The SMILES string of the molecule is CCOc1c(C)ccnc1-c1ccc(C=O)s1. The third-order valence-electron chi connectivity index (χ3n) is 2.37. The maximum atomic E-state index is 10.7. The van der Waals surface area contributed by atoms with Crippen LogP contribution in [0.3, 0.4) is 0 Å². The minimum atomic E-state index is 0.603. The molecule has 2 aromatic heterocycles. The average Bonchev–Trinajstić information content (AvgIpc) is 2.80. The zero-order valence-electron chi connectivity index (χ0n) is 9.77. The van der Waals surface area contributed by atoms with Crippen molar-refractivity contribution in [2.75, 3.05) is 6.61 Å². The van der Waals surface area contributed by atoms with Gasteiger partial charge in [-0.05, 0) is 37.6 Å². The van der Waals surface area contributed by atoms with Crippen LogP contribution in [0, 0.1) is 6.92 Å². The van der Waals surface area contributed by atoms with Crippen LogP contribution in [-0.2, 0) is 0 Å². The molecule has 3 nitrogen and oxygen atoms in total. The molecular formula is C13H13NO2S. The monoisotopic (exact) mass is 247 g/mol. The minimum absolute atomic E-state index is 0.603. The number of nitrogens with zero attached hydrogens (tertiary/aromatic N) is 1. The van der Waals surface area contributed by atoms with Gasteiger partial charge in [0, 0.05) is 6.20 Å². The molecule has 0 bridgehead atoms. The highest BCUT2D eigenvalue weighted by atomic mass is 32.1. The first-order chi connectivity index (χ1) is 8.26. The predicted molar refractivity (Wildman–Crippen MR) is 68.8 cm³/mol. The molecule has 0 unspecified atom stereocenters. The van der Waals surface area contributed by atoms with Gasteiger partial charge in [0.05, 0.1) is 16.4 Å². The Labute approximate surface area is 104 Å². The van der Waals surface area contributed by atoms with Gasteiger partial charge in [0.1, 0.15) is 11.4 Å². The first-order valence-corrected chi connectivity index (χ1v) is 6.21. The van der Waals surface area contributed by atoms with E-state index in [0.717, 1.165) is 28.2 Å². The number of aldehydes is 1. The van der Waals surface area contributed by atoms with Crippen molar-refractivity contribution in [3.05, 3.63) is 34.8 Å². The van der Waals surface area contributed by atoms with Gasteiger partial charge in [-0.15, -0.1) is 11.3 Å². The van der Waals surface area contributed by atoms with E-state index in [1.807, 2.05) is 26.0 Å². The summed E-state index contributed by atoms with van der Waals surface area (Å²) in [4.78, 5) is 16.7. The Morgan fingerprint density at radius 3 is 2.88 bits per heavy atom. The van der Waals surface area contributed by atoms with E-state index in [1.165, 1.54) is 11.3 Å². The van der Waals surface area contributed by atoms with Crippen LogP contribution in [0.4, 0.5) is 0 Å². The van der Waals surface area contributed by atoms with E-state index in [1.54, 1.807) is 12.3 Å². The van der Waals surface area contributed by atoms with E-state index in [9.17, 15) is 4.79 Å². The number of carbonyl (C=O) groups is 1. The van der Waals surface area contributed by atoms with E-state index in [-0.39, 0.29) is 0 Å². The second-order valence-electron chi connectivity index (χ2n) is 3.56. The van der Waals surface area contributed by atoms with E-state index >= 15 is 0 Å². The van der Waals surface area contributed by atoms with Crippen LogP contribution >= 0.6 is 11.3 Å². The molecule has 0 saturated carbocycles. The quantitative estimate of drug-likeness (QED) is 0.778. The first kappa shape index (κ1) is 11.8. The Morgan fingerprint density at radius 1 is 1.41 bits per heavy atom. The van der Waals surface area contributed by atoms with E-state index in [2.05, 4.69) is 4.98 Å². The fraction of sp³-hybridized carbons (Fsp3) is 0.231. The van der Waals surface area contributed by atoms with Crippen LogP contribution < -0.4 is 4.74 Å². The molecule has 2 aromatic rings. The van der Waals surface area contributed by atoms with Crippen LogP contribution in [-0.4, -0.2) is 17.9 Å². The normalized spacial score (nSPS) is 10.2. The molecule has 2 rings (SSSR count). The number of ether oxygens (including phenoxy) is 1. The summed E-state index contributed by atoms with van der Waals surface area (Å²) >= 11 is 1.42. The topological polar surface area (TPSA) is 39.2 Å². The Kier molecular flexibility index (Phi) is 3.54. The molecule has 0 N–H and O–H groups in total. The summed E-state index contributed by atoms with van der Waals surface area (Å²) in [7, 11) is 0. The number of aromatic nitrogens is 1. The number of hydrogen-bond donors (Lipinski definition) is 0. The Hall–Kier alpha value is -1.68. The van der Waals surface area contributed by atoms with Crippen molar-refractivity contribution in [2.45, 2.75) is 13.8 Å². The van der Waals surface area contributed by atoms with Crippen molar-refractivity contribution in [1.29, 1.82) is 0 Å². The molecule has 17 heavy (non-hydrogen) atoms. The number of hydrogen-bond acceptors (Lipinski definition) is 4. The van der Waals surface area contributed by atoms with Gasteiger partial charge in [-0.2, -0.15) is 0 Å². The van der Waals surface area contributed by atoms with Gasteiger partial charge in [-0.1, -0.05) is 0 Å². The Balaban J connectivity index is 2.50. The molecule has 0 fully saturated rings. The average molecular weight is 247 g/mol. The predicted octanol–water partition coefficient (Wildman–Crippen LogP) is 3.33. The van der Waals surface area contributed by atoms with Crippen molar-refractivity contribution >= 4 is 17.6 Å². The highest BCUT2D eigenvalue weighted by Gasteiger charge is 2.12. The Bertz CT molecular complexity index is 534. The van der Waals surface area contributed by atoms with Gasteiger partial charge in [0.15, 0.2) is 6.29 Å². The van der Waals surface area contributed by atoms with Crippen LogP contribution in [0.1, 0.15) is 22.2 Å². The number of carbonyl (C=O) groups excluding carboxylic acids is 1. The summed E-state index contributed by atoms with van der Waals surface area (Å²) in [6.07, 6.45) is 2.61.